The summed E-state index contributed by atoms with van der Waals surface area (Å²) >= 11 is 3.03. The van der Waals surface area contributed by atoms with Gasteiger partial charge >= 0.3 is 0 Å². The second-order valence-corrected chi connectivity index (χ2v) is 5.58. The Kier molecular flexibility index (Phi) is 4.91. The highest BCUT2D eigenvalue weighted by Crippen LogP contribution is 2.30. The number of halogens is 3. The molecule has 20 heavy (non-hydrogen) atoms. The summed E-state index contributed by atoms with van der Waals surface area (Å²) < 4.78 is 28.2. The van der Waals surface area contributed by atoms with Crippen LogP contribution in [0.25, 0.3) is 10.9 Å². The lowest BCUT2D eigenvalue weighted by Gasteiger charge is -2.13. The maximum Gasteiger partial charge on any atom is 0.150 e. The van der Waals surface area contributed by atoms with Gasteiger partial charge in [0.05, 0.1) is 4.47 Å². The van der Waals surface area contributed by atoms with Crippen LogP contribution < -0.4 is 5.32 Å². The SMILES string of the molecule is CCCNc1nc2c(F)cc(Br)c(F)c2cc1CCC. The van der Waals surface area contributed by atoms with Crippen molar-refractivity contribution in [3.8, 4) is 0 Å². The molecular weight excluding hydrogens is 326 g/mol. The highest BCUT2D eigenvalue weighted by atomic mass is 79.9. The van der Waals surface area contributed by atoms with Crippen molar-refractivity contribution in [3.05, 3.63) is 33.8 Å². The van der Waals surface area contributed by atoms with Gasteiger partial charge in [-0.3, -0.25) is 0 Å². The first-order chi connectivity index (χ1) is 9.58. The average Bonchev–Trinajstić information content (AvgIpc) is 2.43. The molecule has 0 spiro atoms. The molecule has 0 unspecified atom stereocenters. The minimum atomic E-state index is -0.518. The van der Waals surface area contributed by atoms with Crippen LogP contribution in [0.1, 0.15) is 32.3 Å². The summed E-state index contributed by atoms with van der Waals surface area (Å²) in [6.45, 7) is 4.85. The molecule has 1 heterocycles. The van der Waals surface area contributed by atoms with Crippen LogP contribution in [-0.2, 0) is 6.42 Å². The van der Waals surface area contributed by atoms with Crippen molar-refractivity contribution >= 4 is 32.7 Å². The third kappa shape index (κ3) is 2.92. The molecule has 2 rings (SSSR count). The molecule has 0 amide bonds. The topological polar surface area (TPSA) is 24.9 Å². The van der Waals surface area contributed by atoms with Gasteiger partial charge in [-0.05, 0) is 46.5 Å². The van der Waals surface area contributed by atoms with E-state index in [1.165, 1.54) is 0 Å². The smallest absolute Gasteiger partial charge is 0.150 e. The summed E-state index contributed by atoms with van der Waals surface area (Å²) in [5, 5.41) is 3.41. The number of rotatable bonds is 5. The number of nitrogens with zero attached hydrogens (tertiary/aromatic N) is 1. The number of nitrogens with one attached hydrogen (secondary N) is 1. The number of hydrogen-bond donors (Lipinski definition) is 1. The van der Waals surface area contributed by atoms with Crippen molar-refractivity contribution in [1.29, 1.82) is 0 Å². The number of benzene rings is 1. The molecule has 0 bridgehead atoms. The van der Waals surface area contributed by atoms with Crippen LogP contribution in [0.5, 0.6) is 0 Å². The van der Waals surface area contributed by atoms with Crippen LogP contribution >= 0.6 is 15.9 Å². The Morgan fingerprint density at radius 1 is 1.20 bits per heavy atom. The predicted octanol–water partition coefficient (Wildman–Crippen LogP) is 5.05. The molecule has 1 aromatic carbocycles. The standard InChI is InChI=1S/C15H17BrF2N2/c1-3-5-9-7-10-13(18)11(16)8-12(17)14(10)20-15(9)19-6-4-2/h7-8H,3-6H2,1-2H3,(H,19,20). The summed E-state index contributed by atoms with van der Waals surface area (Å²) in [5.41, 5.74) is 0.994. The molecule has 0 saturated heterocycles. The zero-order chi connectivity index (χ0) is 14.7. The van der Waals surface area contributed by atoms with E-state index in [4.69, 9.17) is 0 Å². The molecule has 0 aliphatic heterocycles. The van der Waals surface area contributed by atoms with Crippen molar-refractivity contribution in [2.45, 2.75) is 33.1 Å². The number of pyridine rings is 1. The number of hydrogen-bond acceptors (Lipinski definition) is 2. The van der Waals surface area contributed by atoms with Crippen molar-refractivity contribution in [2.75, 3.05) is 11.9 Å². The van der Waals surface area contributed by atoms with Gasteiger partial charge in [-0.25, -0.2) is 13.8 Å². The van der Waals surface area contributed by atoms with Crippen molar-refractivity contribution in [3.63, 3.8) is 0 Å². The monoisotopic (exact) mass is 342 g/mol. The predicted molar refractivity (Wildman–Crippen MR) is 82.1 cm³/mol. The minimum absolute atomic E-state index is 0.0733. The van der Waals surface area contributed by atoms with Crippen molar-refractivity contribution in [2.24, 2.45) is 0 Å². The molecule has 0 fully saturated rings. The molecule has 0 aliphatic carbocycles. The third-order valence-electron chi connectivity index (χ3n) is 3.09. The van der Waals surface area contributed by atoms with Crippen LogP contribution in [0.15, 0.2) is 16.6 Å². The first kappa shape index (κ1) is 15.2. The van der Waals surface area contributed by atoms with Gasteiger partial charge in [0.15, 0.2) is 5.82 Å². The Labute approximate surface area is 125 Å². The van der Waals surface area contributed by atoms with E-state index in [1.54, 1.807) is 6.07 Å². The van der Waals surface area contributed by atoms with Crippen molar-refractivity contribution in [1.82, 2.24) is 4.98 Å². The first-order valence-corrected chi connectivity index (χ1v) is 7.58. The van der Waals surface area contributed by atoms with E-state index in [-0.39, 0.29) is 15.4 Å². The van der Waals surface area contributed by atoms with E-state index < -0.39 is 11.6 Å². The molecule has 1 aromatic heterocycles. The quantitative estimate of drug-likeness (QED) is 0.769. The van der Waals surface area contributed by atoms with Crippen LogP contribution in [0.3, 0.4) is 0 Å². The van der Waals surface area contributed by atoms with Crippen LogP contribution in [0.4, 0.5) is 14.6 Å². The van der Waals surface area contributed by atoms with E-state index in [2.05, 4.69) is 26.2 Å². The van der Waals surface area contributed by atoms with E-state index in [1.807, 2.05) is 13.8 Å². The summed E-state index contributed by atoms with van der Waals surface area (Å²) in [6, 6.07) is 2.82. The molecular formula is C15H17BrF2N2. The Balaban J connectivity index is 2.64. The van der Waals surface area contributed by atoms with Crippen molar-refractivity contribution < 1.29 is 8.78 Å². The Bertz CT molecular complexity index is 629. The van der Waals surface area contributed by atoms with Gasteiger partial charge in [0.25, 0.3) is 0 Å². The maximum absolute atomic E-state index is 14.1. The summed E-state index contributed by atoms with van der Waals surface area (Å²) in [5.74, 6) is -0.328. The molecule has 5 heteroatoms. The lowest BCUT2D eigenvalue weighted by atomic mass is 10.1. The van der Waals surface area contributed by atoms with Crippen LogP contribution in [0.2, 0.25) is 0 Å². The summed E-state index contributed by atoms with van der Waals surface area (Å²) in [6.07, 6.45) is 2.65. The van der Waals surface area contributed by atoms with Gasteiger partial charge < -0.3 is 5.32 Å². The Morgan fingerprint density at radius 2 is 1.95 bits per heavy atom. The van der Waals surface area contributed by atoms with Gasteiger partial charge in [-0.2, -0.15) is 0 Å². The Hall–Kier alpha value is -1.23. The van der Waals surface area contributed by atoms with Gasteiger partial charge in [-0.1, -0.05) is 20.3 Å². The minimum Gasteiger partial charge on any atom is -0.370 e. The van der Waals surface area contributed by atoms with Gasteiger partial charge in [-0.15, -0.1) is 0 Å². The van der Waals surface area contributed by atoms with E-state index >= 15 is 0 Å². The number of aryl methyl sites for hydroxylation is 1. The molecule has 2 nitrogen and oxygen atoms in total. The van der Waals surface area contributed by atoms with Gasteiger partial charge in [0, 0.05) is 11.9 Å². The average molecular weight is 343 g/mol. The maximum atomic E-state index is 14.1. The van der Waals surface area contributed by atoms with Gasteiger partial charge in [0.2, 0.25) is 0 Å². The lowest BCUT2D eigenvalue weighted by molar-refractivity contribution is 0.609. The third-order valence-corrected chi connectivity index (χ3v) is 3.67. The highest BCUT2D eigenvalue weighted by Gasteiger charge is 2.15. The van der Waals surface area contributed by atoms with Crippen LogP contribution in [-0.4, -0.2) is 11.5 Å². The molecule has 108 valence electrons. The fourth-order valence-corrected chi connectivity index (χ4v) is 2.55. The van der Waals surface area contributed by atoms with E-state index in [0.29, 0.717) is 5.82 Å². The Morgan fingerprint density at radius 3 is 2.60 bits per heavy atom. The summed E-state index contributed by atoms with van der Waals surface area (Å²) in [7, 11) is 0. The number of aromatic nitrogens is 1. The zero-order valence-corrected chi connectivity index (χ0v) is 13.2. The molecule has 0 saturated carbocycles. The molecule has 0 aliphatic rings. The first-order valence-electron chi connectivity index (χ1n) is 6.79. The fraction of sp³-hybridized carbons (Fsp3) is 0.400. The lowest BCUT2D eigenvalue weighted by Crippen LogP contribution is -2.06. The number of fused-ring (bicyclic) bond motifs is 1. The molecule has 1 N–H and O–H groups in total. The second-order valence-electron chi connectivity index (χ2n) is 4.72. The van der Waals surface area contributed by atoms with Crippen LogP contribution in [0, 0.1) is 11.6 Å². The van der Waals surface area contributed by atoms with Gasteiger partial charge in [0.1, 0.15) is 17.2 Å². The van der Waals surface area contributed by atoms with E-state index in [0.717, 1.165) is 37.4 Å². The fourth-order valence-electron chi connectivity index (χ4n) is 2.13. The normalized spacial score (nSPS) is 11.1. The largest absolute Gasteiger partial charge is 0.370 e. The summed E-state index contributed by atoms with van der Waals surface area (Å²) in [4.78, 5) is 4.29. The number of anilines is 1. The second kappa shape index (κ2) is 6.48. The zero-order valence-electron chi connectivity index (χ0n) is 11.6. The van der Waals surface area contributed by atoms with E-state index in [9.17, 15) is 8.78 Å². The molecule has 0 radical (unpaired) electrons. The molecule has 0 atom stereocenters. The molecule has 2 aromatic rings. The highest BCUT2D eigenvalue weighted by molar-refractivity contribution is 9.10.